The van der Waals surface area contributed by atoms with Crippen LogP contribution < -0.4 is 8.75 Å². The molecule has 0 bridgehead atoms. The first-order chi connectivity index (χ1) is 8.94. The first kappa shape index (κ1) is 13.6. The first-order valence-corrected chi connectivity index (χ1v) is 7.41. The summed E-state index contributed by atoms with van der Waals surface area (Å²) in [5.41, 5.74) is 1.00. The van der Waals surface area contributed by atoms with Gasteiger partial charge in [0.15, 0.2) is 0 Å². The zero-order valence-electron chi connectivity index (χ0n) is 11.2. The van der Waals surface area contributed by atoms with E-state index in [0.29, 0.717) is 12.6 Å². The van der Waals surface area contributed by atoms with Crippen molar-refractivity contribution in [3.8, 4) is 6.01 Å². The molecule has 0 spiro atoms. The lowest BCUT2D eigenvalue weighted by atomic mass is 10.2. The number of rotatable bonds is 4. The largest absolute Gasteiger partial charge is 0.472 e. The zero-order chi connectivity index (χ0) is 14.0. The standard InChI is InChI=1S/C13H17N2O3S/c1-4-15-10-9-14(3)13(15)18-19(16,17)12-7-5-11(2)6-8-12/h5-10H,4H2,1-3H3/q+1. The van der Waals surface area contributed by atoms with Crippen LogP contribution in [0.15, 0.2) is 41.6 Å². The molecule has 0 unspecified atom stereocenters. The Bertz CT molecular complexity index is 672. The number of aromatic nitrogens is 2. The normalized spacial score (nSPS) is 11.5. The highest BCUT2D eigenvalue weighted by molar-refractivity contribution is 7.87. The van der Waals surface area contributed by atoms with Crippen LogP contribution in [0.2, 0.25) is 0 Å². The summed E-state index contributed by atoms with van der Waals surface area (Å²) in [5.74, 6) is 0. The molecule has 0 aliphatic heterocycles. The van der Waals surface area contributed by atoms with Crippen molar-refractivity contribution in [3.05, 3.63) is 42.2 Å². The highest BCUT2D eigenvalue weighted by Gasteiger charge is 2.25. The van der Waals surface area contributed by atoms with Crippen molar-refractivity contribution in [3.63, 3.8) is 0 Å². The summed E-state index contributed by atoms with van der Waals surface area (Å²) in [6.07, 6.45) is 3.53. The smallest absolute Gasteiger partial charge is 0.305 e. The Labute approximate surface area is 113 Å². The molecule has 2 aromatic rings. The summed E-state index contributed by atoms with van der Waals surface area (Å²) in [7, 11) is -2.05. The van der Waals surface area contributed by atoms with Crippen LogP contribution in [0.5, 0.6) is 6.01 Å². The van der Waals surface area contributed by atoms with E-state index in [1.54, 1.807) is 52.8 Å². The fourth-order valence-corrected chi connectivity index (χ4v) is 2.68. The van der Waals surface area contributed by atoms with E-state index in [4.69, 9.17) is 4.18 Å². The summed E-state index contributed by atoms with van der Waals surface area (Å²) in [5, 5.41) is 0. The second-order valence-electron chi connectivity index (χ2n) is 4.33. The topological polar surface area (TPSA) is 52.2 Å². The molecular weight excluding hydrogens is 264 g/mol. The maximum absolute atomic E-state index is 12.2. The Morgan fingerprint density at radius 1 is 1.26 bits per heavy atom. The fourth-order valence-electron chi connectivity index (χ4n) is 1.71. The van der Waals surface area contributed by atoms with Gasteiger partial charge in [-0.15, -0.1) is 0 Å². The van der Waals surface area contributed by atoms with Crippen LogP contribution in [-0.2, 0) is 23.7 Å². The highest BCUT2D eigenvalue weighted by atomic mass is 32.2. The third kappa shape index (κ3) is 2.78. The number of benzene rings is 1. The molecule has 0 saturated heterocycles. The van der Waals surface area contributed by atoms with Crippen LogP contribution in [0.4, 0.5) is 0 Å². The van der Waals surface area contributed by atoms with Crippen molar-refractivity contribution < 1.29 is 17.2 Å². The van der Waals surface area contributed by atoms with Crippen LogP contribution in [0.1, 0.15) is 12.5 Å². The van der Waals surface area contributed by atoms with E-state index in [1.807, 2.05) is 13.8 Å². The first-order valence-electron chi connectivity index (χ1n) is 6.00. The van der Waals surface area contributed by atoms with Crippen molar-refractivity contribution in [1.29, 1.82) is 0 Å². The van der Waals surface area contributed by atoms with Crippen LogP contribution in [0.3, 0.4) is 0 Å². The molecule has 0 saturated carbocycles. The van der Waals surface area contributed by atoms with E-state index in [2.05, 4.69) is 0 Å². The van der Waals surface area contributed by atoms with Crippen molar-refractivity contribution in [2.75, 3.05) is 0 Å². The summed E-state index contributed by atoms with van der Waals surface area (Å²) in [4.78, 5) is 0.155. The fraction of sp³-hybridized carbons (Fsp3) is 0.308. The van der Waals surface area contributed by atoms with Gasteiger partial charge in [0.2, 0.25) is 0 Å². The van der Waals surface area contributed by atoms with Crippen molar-refractivity contribution >= 4 is 10.1 Å². The Kier molecular flexibility index (Phi) is 3.61. The number of aryl methyl sites for hydroxylation is 3. The molecule has 0 amide bonds. The van der Waals surface area contributed by atoms with E-state index in [0.717, 1.165) is 5.56 Å². The lowest BCUT2D eigenvalue weighted by Crippen LogP contribution is -2.30. The molecule has 19 heavy (non-hydrogen) atoms. The molecule has 0 radical (unpaired) electrons. The van der Waals surface area contributed by atoms with E-state index < -0.39 is 10.1 Å². The molecular formula is C13H17N2O3S+. The minimum atomic E-state index is -3.80. The third-order valence-electron chi connectivity index (χ3n) is 2.85. The highest BCUT2D eigenvalue weighted by Crippen LogP contribution is 2.16. The molecule has 1 aromatic heterocycles. The predicted octanol–water partition coefficient (Wildman–Crippen LogP) is 1.41. The number of hydrogen-bond acceptors (Lipinski definition) is 3. The molecule has 5 nitrogen and oxygen atoms in total. The van der Waals surface area contributed by atoms with Gasteiger partial charge in [-0.2, -0.15) is 17.6 Å². The maximum atomic E-state index is 12.2. The Morgan fingerprint density at radius 3 is 2.47 bits per heavy atom. The monoisotopic (exact) mass is 281 g/mol. The van der Waals surface area contributed by atoms with Gasteiger partial charge in [0.1, 0.15) is 17.3 Å². The lowest BCUT2D eigenvalue weighted by Gasteiger charge is -2.05. The summed E-state index contributed by atoms with van der Waals surface area (Å²) >= 11 is 0. The van der Waals surface area contributed by atoms with Gasteiger partial charge >= 0.3 is 16.1 Å². The summed E-state index contributed by atoms with van der Waals surface area (Å²) in [6, 6.07) is 6.88. The minimum absolute atomic E-state index is 0.155. The molecule has 102 valence electrons. The second-order valence-corrected chi connectivity index (χ2v) is 5.87. The average Bonchev–Trinajstić information content (AvgIpc) is 2.70. The molecule has 6 heteroatoms. The molecule has 0 atom stereocenters. The van der Waals surface area contributed by atoms with E-state index >= 15 is 0 Å². The van der Waals surface area contributed by atoms with Gasteiger partial charge < -0.3 is 4.18 Å². The quantitative estimate of drug-likeness (QED) is 0.629. The SMILES string of the molecule is CCn1cc[n+](C)c1OS(=O)(=O)c1ccc(C)cc1. The molecule has 0 aliphatic carbocycles. The maximum Gasteiger partial charge on any atom is 0.472 e. The van der Waals surface area contributed by atoms with E-state index in [1.165, 1.54) is 0 Å². The Balaban J connectivity index is 2.36. The number of nitrogens with zero attached hydrogens (tertiary/aromatic N) is 2. The predicted molar refractivity (Wildman–Crippen MR) is 70.3 cm³/mol. The van der Waals surface area contributed by atoms with Crippen LogP contribution in [0, 0.1) is 6.92 Å². The Morgan fingerprint density at radius 2 is 1.89 bits per heavy atom. The number of imidazole rings is 1. The zero-order valence-corrected chi connectivity index (χ0v) is 12.0. The molecule has 1 heterocycles. The van der Waals surface area contributed by atoms with Crippen LogP contribution >= 0.6 is 0 Å². The van der Waals surface area contributed by atoms with Gasteiger partial charge in [-0.05, 0) is 26.0 Å². The molecule has 2 rings (SSSR count). The van der Waals surface area contributed by atoms with E-state index in [-0.39, 0.29) is 4.90 Å². The number of hydrogen-bond donors (Lipinski definition) is 0. The van der Waals surface area contributed by atoms with Gasteiger partial charge in [0.25, 0.3) is 0 Å². The van der Waals surface area contributed by atoms with Crippen molar-refractivity contribution in [2.45, 2.75) is 25.3 Å². The molecule has 0 N–H and O–H groups in total. The van der Waals surface area contributed by atoms with Gasteiger partial charge in [-0.25, -0.2) is 0 Å². The van der Waals surface area contributed by atoms with Gasteiger partial charge in [-0.3, -0.25) is 0 Å². The minimum Gasteiger partial charge on any atom is -0.305 e. The van der Waals surface area contributed by atoms with Gasteiger partial charge in [0, 0.05) is 0 Å². The lowest BCUT2D eigenvalue weighted by molar-refractivity contribution is -0.674. The van der Waals surface area contributed by atoms with Gasteiger partial charge in [0.05, 0.1) is 13.6 Å². The van der Waals surface area contributed by atoms with Crippen LogP contribution in [-0.4, -0.2) is 13.0 Å². The molecule has 0 fully saturated rings. The molecule has 1 aromatic carbocycles. The second kappa shape index (κ2) is 5.05. The summed E-state index contributed by atoms with van der Waals surface area (Å²) in [6.45, 7) is 4.46. The molecule has 0 aliphatic rings. The van der Waals surface area contributed by atoms with Crippen molar-refractivity contribution in [1.82, 2.24) is 4.57 Å². The van der Waals surface area contributed by atoms with Gasteiger partial charge in [-0.1, -0.05) is 17.7 Å². The summed E-state index contributed by atoms with van der Waals surface area (Å²) < 4.78 is 32.9. The van der Waals surface area contributed by atoms with E-state index in [9.17, 15) is 8.42 Å². The average molecular weight is 281 g/mol. The van der Waals surface area contributed by atoms with Crippen LogP contribution in [0.25, 0.3) is 0 Å². The Hall–Kier alpha value is -1.82. The third-order valence-corrected chi connectivity index (χ3v) is 4.07. The van der Waals surface area contributed by atoms with Crippen molar-refractivity contribution in [2.24, 2.45) is 7.05 Å².